The third-order valence-electron chi connectivity index (χ3n) is 3.52. The number of hydrogen-bond acceptors (Lipinski definition) is 5. The number of hydrazine groups is 1. The SMILES string of the molecule is CN(c1cc(NN)nc(C(C)(C)C)n1)C1CCC1. The van der Waals surface area contributed by atoms with Gasteiger partial charge >= 0.3 is 0 Å². The summed E-state index contributed by atoms with van der Waals surface area (Å²) in [6, 6.07) is 2.52. The van der Waals surface area contributed by atoms with Crippen LogP contribution in [0.3, 0.4) is 0 Å². The number of hydrogen-bond donors (Lipinski definition) is 2. The van der Waals surface area contributed by atoms with Crippen LogP contribution in [0.2, 0.25) is 0 Å². The molecule has 1 saturated carbocycles. The van der Waals surface area contributed by atoms with E-state index >= 15 is 0 Å². The molecule has 0 radical (unpaired) electrons. The molecular weight excluding hydrogens is 226 g/mol. The van der Waals surface area contributed by atoms with Gasteiger partial charge in [-0.2, -0.15) is 0 Å². The maximum atomic E-state index is 5.49. The van der Waals surface area contributed by atoms with E-state index in [1.54, 1.807) is 0 Å². The Morgan fingerprint density at radius 1 is 1.33 bits per heavy atom. The van der Waals surface area contributed by atoms with Crippen LogP contribution in [0.25, 0.3) is 0 Å². The second-order valence-electron chi connectivity index (χ2n) is 6.02. The highest BCUT2D eigenvalue weighted by atomic mass is 15.3. The molecule has 2 rings (SSSR count). The average molecular weight is 249 g/mol. The van der Waals surface area contributed by atoms with E-state index in [-0.39, 0.29) is 5.41 Å². The zero-order valence-electron chi connectivity index (χ0n) is 11.7. The van der Waals surface area contributed by atoms with Gasteiger partial charge in [-0.3, -0.25) is 0 Å². The third kappa shape index (κ3) is 2.56. The minimum atomic E-state index is -0.0813. The second-order valence-corrected chi connectivity index (χ2v) is 6.02. The quantitative estimate of drug-likeness (QED) is 0.634. The highest BCUT2D eigenvalue weighted by Crippen LogP contribution is 2.29. The first kappa shape index (κ1) is 13.1. The molecule has 0 aromatic carbocycles. The topological polar surface area (TPSA) is 67.1 Å². The van der Waals surface area contributed by atoms with Crippen molar-refractivity contribution in [1.29, 1.82) is 0 Å². The summed E-state index contributed by atoms with van der Waals surface area (Å²) >= 11 is 0. The molecule has 1 aliphatic rings. The maximum absolute atomic E-state index is 5.49. The van der Waals surface area contributed by atoms with Crippen molar-refractivity contribution in [3.63, 3.8) is 0 Å². The predicted octanol–water partition coefficient (Wildman–Crippen LogP) is 2.05. The van der Waals surface area contributed by atoms with Crippen LogP contribution in [0.5, 0.6) is 0 Å². The molecule has 0 unspecified atom stereocenters. The van der Waals surface area contributed by atoms with Gasteiger partial charge in [-0.1, -0.05) is 20.8 Å². The second kappa shape index (κ2) is 4.72. The molecule has 0 spiro atoms. The van der Waals surface area contributed by atoms with E-state index in [1.807, 2.05) is 6.07 Å². The van der Waals surface area contributed by atoms with Crippen LogP contribution >= 0.6 is 0 Å². The number of aromatic nitrogens is 2. The molecule has 1 aromatic rings. The number of nitrogens with two attached hydrogens (primary N) is 1. The zero-order chi connectivity index (χ0) is 13.3. The lowest BCUT2D eigenvalue weighted by molar-refractivity contribution is 0.398. The number of nitrogens with one attached hydrogen (secondary N) is 1. The third-order valence-corrected chi connectivity index (χ3v) is 3.52. The Bertz CT molecular complexity index is 420. The summed E-state index contributed by atoms with van der Waals surface area (Å²) in [7, 11) is 2.10. The van der Waals surface area contributed by atoms with Crippen LogP contribution in [-0.4, -0.2) is 23.1 Å². The Morgan fingerprint density at radius 3 is 2.44 bits per heavy atom. The molecule has 5 heteroatoms. The van der Waals surface area contributed by atoms with Crippen LogP contribution in [0, 0.1) is 0 Å². The Morgan fingerprint density at radius 2 is 2.00 bits per heavy atom. The Kier molecular flexibility index (Phi) is 3.43. The van der Waals surface area contributed by atoms with Crippen LogP contribution in [-0.2, 0) is 5.41 Å². The number of nitrogen functional groups attached to an aromatic ring is 1. The highest BCUT2D eigenvalue weighted by Gasteiger charge is 2.25. The van der Waals surface area contributed by atoms with Crippen molar-refractivity contribution in [3.05, 3.63) is 11.9 Å². The first-order chi connectivity index (χ1) is 8.41. The van der Waals surface area contributed by atoms with E-state index in [4.69, 9.17) is 5.84 Å². The van der Waals surface area contributed by atoms with Crippen LogP contribution < -0.4 is 16.2 Å². The van der Waals surface area contributed by atoms with Crippen molar-refractivity contribution < 1.29 is 0 Å². The summed E-state index contributed by atoms with van der Waals surface area (Å²) in [6.07, 6.45) is 3.81. The van der Waals surface area contributed by atoms with E-state index < -0.39 is 0 Å². The molecule has 1 aliphatic carbocycles. The fourth-order valence-electron chi connectivity index (χ4n) is 1.99. The largest absolute Gasteiger partial charge is 0.357 e. The van der Waals surface area contributed by atoms with Crippen molar-refractivity contribution in [3.8, 4) is 0 Å². The monoisotopic (exact) mass is 249 g/mol. The first-order valence-corrected chi connectivity index (χ1v) is 6.51. The maximum Gasteiger partial charge on any atom is 0.145 e. The average Bonchev–Trinajstić information content (AvgIpc) is 2.24. The van der Waals surface area contributed by atoms with E-state index in [1.165, 1.54) is 19.3 Å². The summed E-state index contributed by atoms with van der Waals surface area (Å²) in [5, 5.41) is 0. The van der Waals surface area contributed by atoms with E-state index in [2.05, 4.69) is 48.1 Å². The van der Waals surface area contributed by atoms with Gasteiger partial charge in [0.25, 0.3) is 0 Å². The molecule has 18 heavy (non-hydrogen) atoms. The minimum absolute atomic E-state index is 0.0813. The molecule has 0 atom stereocenters. The lowest BCUT2D eigenvalue weighted by atomic mass is 9.92. The minimum Gasteiger partial charge on any atom is -0.357 e. The number of rotatable bonds is 3. The van der Waals surface area contributed by atoms with Crippen LogP contribution in [0.15, 0.2) is 6.07 Å². The standard InChI is InChI=1S/C13H23N5/c1-13(2,3)12-15-10(17-14)8-11(16-12)18(4)9-6-5-7-9/h8-9H,5-7,14H2,1-4H3,(H,15,16,17). The first-order valence-electron chi connectivity index (χ1n) is 6.51. The summed E-state index contributed by atoms with van der Waals surface area (Å²) < 4.78 is 0. The summed E-state index contributed by atoms with van der Waals surface area (Å²) in [5.74, 6) is 7.94. The molecule has 1 fully saturated rings. The van der Waals surface area contributed by atoms with Gasteiger partial charge in [-0.05, 0) is 19.3 Å². The van der Waals surface area contributed by atoms with Crippen LogP contribution in [0.4, 0.5) is 11.6 Å². The highest BCUT2D eigenvalue weighted by molar-refractivity contribution is 5.49. The van der Waals surface area contributed by atoms with Crippen molar-refractivity contribution in [1.82, 2.24) is 9.97 Å². The Balaban J connectivity index is 2.34. The van der Waals surface area contributed by atoms with Gasteiger partial charge in [-0.25, -0.2) is 15.8 Å². The van der Waals surface area contributed by atoms with Gasteiger partial charge < -0.3 is 10.3 Å². The molecule has 0 saturated heterocycles. The molecule has 0 bridgehead atoms. The van der Waals surface area contributed by atoms with Gasteiger partial charge in [-0.15, -0.1) is 0 Å². The molecule has 0 amide bonds. The fourth-order valence-corrected chi connectivity index (χ4v) is 1.99. The van der Waals surface area contributed by atoms with Crippen LogP contribution in [0.1, 0.15) is 45.9 Å². The normalized spacial score (nSPS) is 16.3. The number of nitrogens with zero attached hydrogens (tertiary/aromatic N) is 3. The number of anilines is 2. The zero-order valence-corrected chi connectivity index (χ0v) is 11.7. The predicted molar refractivity (Wildman–Crippen MR) is 74.6 cm³/mol. The van der Waals surface area contributed by atoms with Gasteiger partial charge in [0.1, 0.15) is 17.5 Å². The Hall–Kier alpha value is -1.36. The lowest BCUT2D eigenvalue weighted by Gasteiger charge is -2.36. The lowest BCUT2D eigenvalue weighted by Crippen LogP contribution is -2.38. The molecule has 3 N–H and O–H groups in total. The fraction of sp³-hybridized carbons (Fsp3) is 0.692. The summed E-state index contributed by atoms with van der Waals surface area (Å²) in [4.78, 5) is 11.3. The van der Waals surface area contributed by atoms with Crippen molar-refractivity contribution in [2.24, 2.45) is 5.84 Å². The van der Waals surface area contributed by atoms with Gasteiger partial charge in [0.15, 0.2) is 0 Å². The van der Waals surface area contributed by atoms with Gasteiger partial charge in [0, 0.05) is 24.6 Å². The molecule has 1 aromatic heterocycles. The molecule has 0 aliphatic heterocycles. The van der Waals surface area contributed by atoms with E-state index in [0.29, 0.717) is 11.9 Å². The molecular formula is C13H23N5. The van der Waals surface area contributed by atoms with Gasteiger partial charge in [0.05, 0.1) is 0 Å². The van der Waals surface area contributed by atoms with E-state index in [0.717, 1.165) is 11.6 Å². The van der Waals surface area contributed by atoms with Crippen molar-refractivity contribution >= 4 is 11.6 Å². The van der Waals surface area contributed by atoms with Gasteiger partial charge in [0.2, 0.25) is 0 Å². The molecule has 100 valence electrons. The summed E-state index contributed by atoms with van der Waals surface area (Å²) in [5.41, 5.74) is 2.55. The Labute approximate surface area is 109 Å². The van der Waals surface area contributed by atoms with Crippen molar-refractivity contribution in [2.45, 2.75) is 51.5 Å². The molecule has 5 nitrogen and oxygen atoms in total. The molecule has 1 heterocycles. The smallest absolute Gasteiger partial charge is 0.145 e. The van der Waals surface area contributed by atoms with Crippen molar-refractivity contribution in [2.75, 3.05) is 17.4 Å². The summed E-state index contributed by atoms with van der Waals surface area (Å²) in [6.45, 7) is 6.32. The van der Waals surface area contributed by atoms with E-state index in [9.17, 15) is 0 Å².